The van der Waals surface area contributed by atoms with Crippen molar-refractivity contribution in [3.8, 4) is 0 Å². The Kier molecular flexibility index (Phi) is 4.72. The number of oxazole rings is 1. The van der Waals surface area contributed by atoms with Gasteiger partial charge in [0, 0.05) is 13.1 Å². The van der Waals surface area contributed by atoms with E-state index in [-0.39, 0.29) is 17.5 Å². The number of carbonyl (C=O) groups excluding carboxylic acids is 1. The van der Waals surface area contributed by atoms with Gasteiger partial charge in [0.25, 0.3) is 5.91 Å². The number of benzene rings is 2. The maximum Gasteiger partial charge on any atom is 0.419 e. The van der Waals surface area contributed by atoms with E-state index in [0.29, 0.717) is 17.5 Å². The number of aromatic nitrogens is 1. The Morgan fingerprint density at radius 3 is 2.64 bits per heavy atom. The van der Waals surface area contributed by atoms with Gasteiger partial charge in [0.1, 0.15) is 0 Å². The molecule has 6 nitrogen and oxygen atoms in total. The number of nitrogens with zero attached hydrogens (tertiary/aromatic N) is 1. The van der Waals surface area contributed by atoms with E-state index in [2.05, 4.69) is 5.32 Å². The first-order valence-corrected chi connectivity index (χ1v) is 8.10. The van der Waals surface area contributed by atoms with Crippen molar-refractivity contribution >= 4 is 17.0 Å². The smallest absolute Gasteiger partial charge is 0.407 e. The third-order valence-corrected chi connectivity index (χ3v) is 4.20. The van der Waals surface area contributed by atoms with Crippen molar-refractivity contribution in [1.29, 1.82) is 0 Å². The summed E-state index contributed by atoms with van der Waals surface area (Å²) in [6.07, 6.45) is -0.285. The van der Waals surface area contributed by atoms with Crippen LogP contribution >= 0.6 is 0 Å². The van der Waals surface area contributed by atoms with Crippen molar-refractivity contribution in [1.82, 2.24) is 9.88 Å². The summed E-state index contributed by atoms with van der Waals surface area (Å²) in [4.78, 5) is 24.2. The third kappa shape index (κ3) is 3.49. The molecule has 0 bridgehead atoms. The van der Waals surface area contributed by atoms with E-state index in [0.717, 1.165) is 5.56 Å². The second-order valence-electron chi connectivity index (χ2n) is 6.12. The second kappa shape index (κ2) is 6.94. The number of hydrogen-bond acceptors (Lipinski definition) is 4. The molecule has 0 aliphatic rings. The monoisotopic (exact) mass is 340 g/mol. The second-order valence-corrected chi connectivity index (χ2v) is 6.12. The lowest BCUT2D eigenvalue weighted by Crippen LogP contribution is -2.33. The van der Waals surface area contributed by atoms with E-state index in [1.165, 1.54) is 4.57 Å². The number of para-hydroxylation sites is 1. The molecule has 0 aliphatic carbocycles. The molecule has 3 aromatic rings. The summed E-state index contributed by atoms with van der Waals surface area (Å²) in [5.74, 6) is -0.851. The average Bonchev–Trinajstić information content (AvgIpc) is 2.90. The van der Waals surface area contributed by atoms with E-state index in [4.69, 9.17) is 4.42 Å². The Bertz CT molecular complexity index is 943. The van der Waals surface area contributed by atoms with Crippen LogP contribution in [0, 0.1) is 0 Å². The minimum Gasteiger partial charge on any atom is -0.407 e. The molecule has 2 atom stereocenters. The fourth-order valence-electron chi connectivity index (χ4n) is 2.84. The fraction of sp³-hybridized carbons (Fsp3) is 0.263. The van der Waals surface area contributed by atoms with Crippen LogP contribution in [0.25, 0.3) is 11.1 Å². The van der Waals surface area contributed by atoms with Gasteiger partial charge in [-0.25, -0.2) is 4.79 Å². The Morgan fingerprint density at radius 2 is 1.92 bits per heavy atom. The van der Waals surface area contributed by atoms with Gasteiger partial charge in [-0.05, 0) is 31.0 Å². The molecule has 0 aliphatic heterocycles. The third-order valence-electron chi connectivity index (χ3n) is 4.20. The fourth-order valence-corrected chi connectivity index (χ4v) is 2.84. The van der Waals surface area contributed by atoms with Crippen molar-refractivity contribution in [2.45, 2.75) is 25.5 Å². The zero-order chi connectivity index (χ0) is 18.0. The normalized spacial score (nSPS) is 13.6. The predicted molar refractivity (Wildman–Crippen MR) is 94.4 cm³/mol. The van der Waals surface area contributed by atoms with E-state index >= 15 is 0 Å². The summed E-state index contributed by atoms with van der Waals surface area (Å²) in [6.45, 7) is 1.82. The molecule has 2 unspecified atom stereocenters. The van der Waals surface area contributed by atoms with Gasteiger partial charge in [-0.15, -0.1) is 0 Å². The van der Waals surface area contributed by atoms with Gasteiger partial charge in [-0.2, -0.15) is 0 Å². The van der Waals surface area contributed by atoms with Gasteiger partial charge in [0.05, 0.1) is 17.2 Å². The molecule has 1 aromatic heterocycles. The highest BCUT2D eigenvalue weighted by atomic mass is 16.4. The van der Waals surface area contributed by atoms with Crippen LogP contribution in [0.15, 0.2) is 57.7 Å². The molecule has 0 saturated heterocycles. The van der Waals surface area contributed by atoms with E-state index in [9.17, 15) is 14.7 Å². The number of fused-ring (bicyclic) bond motifs is 1. The minimum absolute atomic E-state index is 0.256. The minimum atomic E-state index is -0.665. The molecular weight excluding hydrogens is 320 g/mol. The molecule has 2 N–H and O–H groups in total. The Morgan fingerprint density at radius 1 is 1.20 bits per heavy atom. The highest BCUT2D eigenvalue weighted by Crippen LogP contribution is 2.20. The topological polar surface area (TPSA) is 84.5 Å². The van der Waals surface area contributed by atoms with Crippen LogP contribution in [0.4, 0.5) is 0 Å². The summed E-state index contributed by atoms with van der Waals surface area (Å²) in [5.41, 5.74) is 1.94. The van der Waals surface area contributed by atoms with Crippen molar-refractivity contribution in [2.24, 2.45) is 7.05 Å². The molecule has 3 rings (SSSR count). The molecule has 25 heavy (non-hydrogen) atoms. The summed E-state index contributed by atoms with van der Waals surface area (Å²) in [6, 6.07) is 14.1. The number of aliphatic hydroxyl groups excluding tert-OH is 1. The highest BCUT2D eigenvalue weighted by molar-refractivity contribution is 6.04. The first kappa shape index (κ1) is 17.0. The Labute approximate surface area is 144 Å². The Hall–Kier alpha value is -2.86. The average molecular weight is 340 g/mol. The lowest BCUT2D eigenvalue weighted by atomic mass is 10.0. The zero-order valence-electron chi connectivity index (χ0n) is 14.1. The number of aliphatic hydroxyl groups is 1. The SMILES string of the molecule is CC(CC(O)c1ccccc1)NC(=O)c1cccc2c1oc(=O)n2C. The van der Waals surface area contributed by atoms with Gasteiger partial charge in [-0.1, -0.05) is 36.4 Å². The predicted octanol–water partition coefficient (Wildman–Crippen LogP) is 2.37. The van der Waals surface area contributed by atoms with Crippen LogP contribution in [0.5, 0.6) is 0 Å². The van der Waals surface area contributed by atoms with Crippen LogP contribution in [0.1, 0.15) is 35.4 Å². The number of carbonyl (C=O) groups is 1. The molecule has 0 spiro atoms. The van der Waals surface area contributed by atoms with Crippen molar-refractivity contribution in [3.63, 3.8) is 0 Å². The van der Waals surface area contributed by atoms with Crippen LogP contribution in [-0.2, 0) is 7.05 Å². The maximum atomic E-state index is 12.5. The summed E-state index contributed by atoms with van der Waals surface area (Å²) >= 11 is 0. The van der Waals surface area contributed by atoms with Crippen molar-refractivity contribution in [2.75, 3.05) is 0 Å². The summed E-state index contributed by atoms with van der Waals surface area (Å²) in [5, 5.41) is 13.1. The lowest BCUT2D eigenvalue weighted by Gasteiger charge is -2.18. The number of aryl methyl sites for hydroxylation is 1. The highest BCUT2D eigenvalue weighted by Gasteiger charge is 2.19. The number of nitrogens with one attached hydrogen (secondary N) is 1. The molecular formula is C19H20N2O4. The number of amides is 1. The van der Waals surface area contributed by atoms with Crippen LogP contribution in [0.2, 0.25) is 0 Å². The standard InChI is InChI=1S/C19H20N2O4/c1-12(11-16(22)13-7-4-3-5-8-13)20-18(23)14-9-6-10-15-17(14)25-19(24)21(15)2/h3-10,12,16,22H,11H2,1-2H3,(H,20,23). The molecule has 130 valence electrons. The van der Waals surface area contributed by atoms with E-state index in [1.807, 2.05) is 37.3 Å². The van der Waals surface area contributed by atoms with Gasteiger partial charge in [0.15, 0.2) is 5.58 Å². The first-order chi connectivity index (χ1) is 12.0. The molecule has 0 saturated carbocycles. The maximum absolute atomic E-state index is 12.5. The Balaban J connectivity index is 1.74. The van der Waals surface area contributed by atoms with E-state index < -0.39 is 11.9 Å². The van der Waals surface area contributed by atoms with Gasteiger partial charge in [-0.3, -0.25) is 9.36 Å². The quantitative estimate of drug-likeness (QED) is 0.747. The molecule has 0 fully saturated rings. The first-order valence-electron chi connectivity index (χ1n) is 8.10. The lowest BCUT2D eigenvalue weighted by molar-refractivity contribution is 0.0917. The molecule has 1 amide bonds. The molecule has 0 radical (unpaired) electrons. The van der Waals surface area contributed by atoms with Crippen molar-refractivity contribution in [3.05, 3.63) is 70.2 Å². The molecule has 2 aromatic carbocycles. The summed E-state index contributed by atoms with van der Waals surface area (Å²) in [7, 11) is 1.59. The van der Waals surface area contributed by atoms with Gasteiger partial charge >= 0.3 is 5.76 Å². The van der Waals surface area contributed by atoms with E-state index in [1.54, 1.807) is 25.2 Å². The largest absolute Gasteiger partial charge is 0.419 e. The molecule has 1 heterocycles. The zero-order valence-corrected chi connectivity index (χ0v) is 14.1. The van der Waals surface area contributed by atoms with Crippen LogP contribution < -0.4 is 11.1 Å². The van der Waals surface area contributed by atoms with Crippen molar-refractivity contribution < 1.29 is 14.3 Å². The number of hydrogen-bond donors (Lipinski definition) is 2. The van der Waals surface area contributed by atoms with Crippen LogP contribution in [-0.4, -0.2) is 21.6 Å². The van der Waals surface area contributed by atoms with Gasteiger partial charge in [0.2, 0.25) is 0 Å². The number of rotatable bonds is 5. The summed E-state index contributed by atoms with van der Waals surface area (Å²) < 4.78 is 6.54. The molecule has 6 heteroatoms. The van der Waals surface area contributed by atoms with Gasteiger partial charge < -0.3 is 14.8 Å². The van der Waals surface area contributed by atoms with Crippen LogP contribution in [0.3, 0.4) is 0 Å².